The number of aryl methyl sites for hydroxylation is 1. The van der Waals surface area contributed by atoms with Gasteiger partial charge in [-0.25, -0.2) is 8.78 Å². The van der Waals surface area contributed by atoms with Gasteiger partial charge in [0, 0.05) is 31.7 Å². The maximum absolute atomic E-state index is 14.3. The first-order valence-electron chi connectivity index (χ1n) is 11.6. The molecule has 3 aromatic rings. The maximum atomic E-state index is 14.3. The van der Waals surface area contributed by atoms with Gasteiger partial charge in [-0.15, -0.1) is 0 Å². The van der Waals surface area contributed by atoms with Gasteiger partial charge in [-0.2, -0.15) is 0 Å². The number of carbonyl (C=O) groups is 1. The second-order valence-electron chi connectivity index (χ2n) is 8.86. The third-order valence-corrected chi connectivity index (χ3v) is 6.46. The van der Waals surface area contributed by atoms with Gasteiger partial charge < -0.3 is 5.32 Å². The summed E-state index contributed by atoms with van der Waals surface area (Å²) >= 11 is 0. The Kier molecular flexibility index (Phi) is 7.50. The van der Waals surface area contributed by atoms with Gasteiger partial charge in [0.05, 0.1) is 5.92 Å². The fourth-order valence-electron chi connectivity index (χ4n) is 4.62. The number of nitrogens with one attached hydrogen (secondary N) is 1. The molecular formula is C28H30F2N2O. The number of benzene rings is 3. The number of amides is 1. The largest absolute Gasteiger partial charge is 0.352 e. The lowest BCUT2D eigenvalue weighted by atomic mass is 9.83. The molecule has 4 rings (SSSR count). The van der Waals surface area contributed by atoms with Crippen LogP contribution in [0.1, 0.15) is 41.5 Å². The van der Waals surface area contributed by atoms with Gasteiger partial charge in [0.1, 0.15) is 11.6 Å². The molecular weight excluding hydrogens is 418 g/mol. The van der Waals surface area contributed by atoms with E-state index in [0.717, 1.165) is 24.9 Å². The summed E-state index contributed by atoms with van der Waals surface area (Å²) in [5, 5.41) is 2.98. The van der Waals surface area contributed by atoms with E-state index in [2.05, 4.69) is 41.4 Å². The Labute approximate surface area is 194 Å². The summed E-state index contributed by atoms with van der Waals surface area (Å²) in [5.41, 5.74) is 3.85. The van der Waals surface area contributed by atoms with Crippen molar-refractivity contribution in [3.63, 3.8) is 0 Å². The van der Waals surface area contributed by atoms with Gasteiger partial charge in [-0.1, -0.05) is 61.5 Å². The van der Waals surface area contributed by atoms with Gasteiger partial charge in [-0.05, 0) is 53.6 Å². The molecule has 33 heavy (non-hydrogen) atoms. The molecule has 1 saturated heterocycles. The third kappa shape index (κ3) is 6.05. The molecule has 1 heterocycles. The fourth-order valence-corrected chi connectivity index (χ4v) is 4.62. The molecule has 2 unspecified atom stereocenters. The highest BCUT2D eigenvalue weighted by Crippen LogP contribution is 2.32. The highest BCUT2D eigenvalue weighted by molar-refractivity contribution is 5.79. The van der Waals surface area contributed by atoms with Crippen LogP contribution in [0.2, 0.25) is 0 Å². The molecule has 0 bridgehead atoms. The predicted molar refractivity (Wildman–Crippen MR) is 127 cm³/mol. The van der Waals surface area contributed by atoms with E-state index in [4.69, 9.17) is 0 Å². The molecule has 0 saturated carbocycles. The van der Waals surface area contributed by atoms with E-state index >= 15 is 0 Å². The van der Waals surface area contributed by atoms with E-state index in [1.54, 1.807) is 24.3 Å². The van der Waals surface area contributed by atoms with Crippen molar-refractivity contribution in [2.75, 3.05) is 13.1 Å². The molecule has 5 heteroatoms. The van der Waals surface area contributed by atoms with Crippen molar-refractivity contribution in [1.82, 2.24) is 10.2 Å². The Hall–Kier alpha value is -3.05. The summed E-state index contributed by atoms with van der Waals surface area (Å²) in [4.78, 5) is 15.3. The standard InChI is InChI=1S/C28H30F2N2O/c1-2-20-10-12-22(13-11-20)24-15-25(28(33)31-16-21-6-5-8-26(29)14-21)19-32(18-24)17-23-7-3-4-9-27(23)30/h3-14,24-25H,2,15-19H2,1H3,(H,31,33). The van der Waals surface area contributed by atoms with Crippen LogP contribution in [0.5, 0.6) is 0 Å². The average Bonchev–Trinajstić information content (AvgIpc) is 2.84. The summed E-state index contributed by atoms with van der Waals surface area (Å²) in [5.74, 6) is -0.631. The van der Waals surface area contributed by atoms with E-state index in [-0.39, 0.29) is 35.9 Å². The molecule has 1 aliphatic rings. The molecule has 3 aromatic carbocycles. The number of piperidine rings is 1. The van der Waals surface area contributed by atoms with E-state index in [1.807, 2.05) is 6.07 Å². The topological polar surface area (TPSA) is 32.3 Å². The molecule has 1 aliphatic heterocycles. The van der Waals surface area contributed by atoms with Crippen LogP contribution in [0.25, 0.3) is 0 Å². The minimum Gasteiger partial charge on any atom is -0.352 e. The zero-order valence-electron chi connectivity index (χ0n) is 18.9. The maximum Gasteiger partial charge on any atom is 0.224 e. The van der Waals surface area contributed by atoms with Gasteiger partial charge >= 0.3 is 0 Å². The molecule has 0 spiro atoms. The lowest BCUT2D eigenvalue weighted by molar-refractivity contribution is -0.127. The van der Waals surface area contributed by atoms with Crippen molar-refractivity contribution in [1.29, 1.82) is 0 Å². The lowest BCUT2D eigenvalue weighted by Gasteiger charge is -2.37. The van der Waals surface area contributed by atoms with Gasteiger partial charge in [0.15, 0.2) is 0 Å². The Morgan fingerprint density at radius 2 is 1.76 bits per heavy atom. The Morgan fingerprint density at radius 1 is 0.970 bits per heavy atom. The third-order valence-electron chi connectivity index (χ3n) is 6.46. The average molecular weight is 449 g/mol. The second-order valence-corrected chi connectivity index (χ2v) is 8.86. The smallest absolute Gasteiger partial charge is 0.224 e. The van der Waals surface area contributed by atoms with Crippen molar-refractivity contribution in [3.8, 4) is 0 Å². The van der Waals surface area contributed by atoms with Crippen LogP contribution in [0.4, 0.5) is 8.78 Å². The summed E-state index contributed by atoms with van der Waals surface area (Å²) in [6.07, 6.45) is 1.71. The van der Waals surface area contributed by atoms with Crippen molar-refractivity contribution < 1.29 is 13.6 Å². The van der Waals surface area contributed by atoms with Crippen LogP contribution in [-0.2, 0) is 24.3 Å². The van der Waals surface area contributed by atoms with Crippen LogP contribution in [0.3, 0.4) is 0 Å². The molecule has 0 aromatic heterocycles. The van der Waals surface area contributed by atoms with Crippen molar-refractivity contribution in [2.24, 2.45) is 5.92 Å². The molecule has 3 nitrogen and oxygen atoms in total. The highest BCUT2D eigenvalue weighted by atomic mass is 19.1. The fraction of sp³-hybridized carbons (Fsp3) is 0.321. The lowest BCUT2D eigenvalue weighted by Crippen LogP contribution is -2.45. The SMILES string of the molecule is CCc1ccc(C2CC(C(=O)NCc3cccc(F)c3)CN(Cc3ccccc3F)C2)cc1. The van der Waals surface area contributed by atoms with E-state index in [9.17, 15) is 13.6 Å². The number of carbonyl (C=O) groups excluding carboxylic acids is 1. The second kappa shape index (κ2) is 10.7. The molecule has 0 aliphatic carbocycles. The van der Waals surface area contributed by atoms with Gasteiger partial charge in [-0.3, -0.25) is 9.69 Å². The first-order valence-corrected chi connectivity index (χ1v) is 11.6. The minimum atomic E-state index is -0.314. The number of hydrogen-bond donors (Lipinski definition) is 1. The number of halogens is 2. The number of nitrogens with zero attached hydrogens (tertiary/aromatic N) is 1. The first kappa shape index (κ1) is 23.1. The molecule has 1 amide bonds. The van der Waals surface area contributed by atoms with Gasteiger partial charge in [0.2, 0.25) is 5.91 Å². The Morgan fingerprint density at radius 3 is 2.48 bits per heavy atom. The van der Waals surface area contributed by atoms with Crippen LogP contribution >= 0.6 is 0 Å². The number of hydrogen-bond acceptors (Lipinski definition) is 2. The van der Waals surface area contributed by atoms with E-state index < -0.39 is 0 Å². The summed E-state index contributed by atoms with van der Waals surface area (Å²) in [6, 6.07) is 21.7. The molecule has 1 fully saturated rings. The highest BCUT2D eigenvalue weighted by Gasteiger charge is 2.32. The van der Waals surface area contributed by atoms with Crippen LogP contribution < -0.4 is 5.32 Å². The normalized spacial score (nSPS) is 18.8. The van der Waals surface area contributed by atoms with Gasteiger partial charge in [0.25, 0.3) is 0 Å². The quantitative estimate of drug-likeness (QED) is 0.521. The number of rotatable bonds is 7. The number of likely N-dealkylation sites (tertiary alicyclic amines) is 1. The van der Waals surface area contributed by atoms with Crippen molar-refractivity contribution in [3.05, 3.63) is 107 Å². The molecule has 1 N–H and O–H groups in total. The van der Waals surface area contributed by atoms with E-state index in [0.29, 0.717) is 18.7 Å². The van der Waals surface area contributed by atoms with Crippen molar-refractivity contribution in [2.45, 2.75) is 38.8 Å². The minimum absolute atomic E-state index is 0.0485. The van der Waals surface area contributed by atoms with Crippen molar-refractivity contribution >= 4 is 5.91 Å². The molecule has 2 atom stereocenters. The monoisotopic (exact) mass is 448 g/mol. The zero-order valence-corrected chi connectivity index (χ0v) is 18.9. The zero-order chi connectivity index (χ0) is 23.2. The Bertz CT molecular complexity index is 1080. The van der Waals surface area contributed by atoms with Crippen LogP contribution in [-0.4, -0.2) is 23.9 Å². The summed E-state index contributed by atoms with van der Waals surface area (Å²) in [7, 11) is 0. The molecule has 172 valence electrons. The predicted octanol–water partition coefficient (Wildman–Crippen LogP) is 5.45. The Balaban J connectivity index is 1.50. The van der Waals surface area contributed by atoms with Crippen LogP contribution in [0, 0.1) is 17.6 Å². The van der Waals surface area contributed by atoms with E-state index in [1.165, 1.54) is 29.3 Å². The molecule has 0 radical (unpaired) electrons. The first-order chi connectivity index (χ1) is 16.0. The van der Waals surface area contributed by atoms with Crippen LogP contribution in [0.15, 0.2) is 72.8 Å². The summed E-state index contributed by atoms with van der Waals surface area (Å²) < 4.78 is 27.8. The summed E-state index contributed by atoms with van der Waals surface area (Å²) in [6.45, 7) is 4.21.